The quantitative estimate of drug-likeness (QED) is 0.698. The smallest absolute Gasteiger partial charge is 0.283 e. The van der Waals surface area contributed by atoms with Crippen molar-refractivity contribution in [2.45, 2.75) is 0 Å². The first kappa shape index (κ1) is 15.6. The topological polar surface area (TPSA) is 79.3 Å². The number of hydrogen-bond donors (Lipinski definition) is 0. The number of halogens is 1. The lowest BCUT2D eigenvalue weighted by Gasteiger charge is -2.32. The molecule has 1 aliphatic rings. The molecular formula is C16H12FN5O2S. The Hall–Kier alpha value is -2.94. The molecule has 0 aliphatic carbocycles. The first-order chi connectivity index (χ1) is 12.1. The third-order valence-corrected chi connectivity index (χ3v) is 4.86. The fourth-order valence-corrected chi connectivity index (χ4v) is 3.54. The van der Waals surface area contributed by atoms with Crippen LogP contribution < -0.4 is 4.90 Å². The van der Waals surface area contributed by atoms with E-state index in [0.717, 1.165) is 22.6 Å². The van der Waals surface area contributed by atoms with E-state index >= 15 is 0 Å². The molecule has 0 bridgehead atoms. The third kappa shape index (κ3) is 2.93. The molecular weight excluding hydrogens is 345 g/mol. The number of carbonyl (C=O) groups excluding carboxylic acids is 2. The van der Waals surface area contributed by atoms with Crippen LogP contribution in [0.2, 0.25) is 0 Å². The van der Waals surface area contributed by atoms with E-state index < -0.39 is 5.82 Å². The summed E-state index contributed by atoms with van der Waals surface area (Å²) in [6.45, 7) is 0.498. The molecule has 2 aromatic heterocycles. The molecule has 4 rings (SSSR count). The Balaban J connectivity index is 1.51. The number of carbonyl (C=O) groups is 2. The first-order valence-corrected chi connectivity index (χ1v) is 8.36. The summed E-state index contributed by atoms with van der Waals surface area (Å²) in [6, 6.07) is 7.50. The highest BCUT2D eigenvalue weighted by atomic mass is 32.1. The molecule has 0 atom stereocenters. The van der Waals surface area contributed by atoms with E-state index in [1.54, 1.807) is 0 Å². The van der Waals surface area contributed by atoms with Gasteiger partial charge in [0.1, 0.15) is 6.54 Å². The summed E-state index contributed by atoms with van der Waals surface area (Å²) >= 11 is 1.31. The van der Waals surface area contributed by atoms with Gasteiger partial charge in [-0.15, -0.1) is 11.3 Å². The molecule has 0 unspecified atom stereocenters. The van der Waals surface area contributed by atoms with Crippen molar-refractivity contribution in [3.63, 3.8) is 0 Å². The predicted molar refractivity (Wildman–Crippen MR) is 89.9 cm³/mol. The molecule has 3 heterocycles. The molecule has 0 spiro atoms. The van der Waals surface area contributed by atoms with Crippen LogP contribution in [0.3, 0.4) is 0 Å². The van der Waals surface area contributed by atoms with Crippen LogP contribution in [0.1, 0.15) is 9.80 Å². The Kier molecular flexibility index (Phi) is 3.85. The molecule has 1 fully saturated rings. The number of piperazine rings is 1. The summed E-state index contributed by atoms with van der Waals surface area (Å²) in [5.41, 5.74) is 0.764. The van der Waals surface area contributed by atoms with Crippen molar-refractivity contribution in [1.82, 2.24) is 19.9 Å². The number of benzene rings is 1. The average molecular weight is 357 g/mol. The molecule has 1 aliphatic heterocycles. The molecule has 9 heteroatoms. The van der Waals surface area contributed by atoms with Crippen molar-refractivity contribution < 1.29 is 14.0 Å². The maximum Gasteiger partial charge on any atom is 0.283 e. The van der Waals surface area contributed by atoms with Crippen LogP contribution in [0, 0.1) is 5.82 Å². The highest BCUT2D eigenvalue weighted by molar-refractivity contribution is 7.20. The molecule has 1 saturated heterocycles. The number of aromatic nitrogens is 3. The largest absolute Gasteiger partial charge is 0.325 e. The Bertz CT molecular complexity index is 926. The van der Waals surface area contributed by atoms with E-state index in [1.165, 1.54) is 21.1 Å². The van der Waals surface area contributed by atoms with E-state index in [4.69, 9.17) is 0 Å². The monoisotopic (exact) mass is 357 g/mol. The standard InChI is InChI=1S/C16H12FN5O2S/c17-10-7-18-16(19-8-10)22-6-5-21(9-13(22)23)15(24)14-20-11-3-1-2-4-12(11)25-14/h1-4,7-8H,5-6,9H2. The van der Waals surface area contributed by atoms with Crippen LogP contribution in [0.5, 0.6) is 0 Å². The molecule has 0 saturated carbocycles. The maximum absolute atomic E-state index is 12.9. The zero-order valence-corrected chi connectivity index (χ0v) is 13.7. The second-order valence-electron chi connectivity index (χ2n) is 5.46. The highest BCUT2D eigenvalue weighted by Gasteiger charge is 2.31. The summed E-state index contributed by atoms with van der Waals surface area (Å²) in [4.78, 5) is 39.7. The van der Waals surface area contributed by atoms with Gasteiger partial charge in [-0.2, -0.15) is 0 Å². The summed E-state index contributed by atoms with van der Waals surface area (Å²) in [5, 5.41) is 0.362. The van der Waals surface area contributed by atoms with Crippen LogP contribution in [-0.2, 0) is 4.79 Å². The summed E-state index contributed by atoms with van der Waals surface area (Å²) < 4.78 is 13.8. The highest BCUT2D eigenvalue weighted by Crippen LogP contribution is 2.23. The lowest BCUT2D eigenvalue weighted by atomic mass is 10.3. The zero-order chi connectivity index (χ0) is 17.4. The van der Waals surface area contributed by atoms with Gasteiger partial charge in [0.2, 0.25) is 11.9 Å². The van der Waals surface area contributed by atoms with Crippen molar-refractivity contribution in [3.8, 4) is 0 Å². The normalized spacial score (nSPS) is 15.0. The van der Waals surface area contributed by atoms with Gasteiger partial charge in [0, 0.05) is 13.1 Å². The Morgan fingerprint density at radius 2 is 1.92 bits per heavy atom. The number of nitrogens with zero attached hydrogens (tertiary/aromatic N) is 5. The molecule has 0 radical (unpaired) electrons. The van der Waals surface area contributed by atoms with Gasteiger partial charge in [-0.05, 0) is 12.1 Å². The lowest BCUT2D eigenvalue weighted by Crippen LogP contribution is -2.52. The van der Waals surface area contributed by atoms with Crippen molar-refractivity contribution in [2.24, 2.45) is 0 Å². The maximum atomic E-state index is 12.9. The van der Waals surface area contributed by atoms with Gasteiger partial charge in [-0.3, -0.25) is 14.5 Å². The number of fused-ring (bicyclic) bond motifs is 1. The fourth-order valence-electron chi connectivity index (χ4n) is 2.60. The van der Waals surface area contributed by atoms with Crippen LogP contribution in [0.15, 0.2) is 36.7 Å². The number of amides is 2. The van der Waals surface area contributed by atoms with Gasteiger partial charge in [0.05, 0.1) is 22.6 Å². The average Bonchev–Trinajstić information content (AvgIpc) is 3.06. The number of para-hydroxylation sites is 1. The van der Waals surface area contributed by atoms with Gasteiger partial charge in [-0.1, -0.05) is 12.1 Å². The van der Waals surface area contributed by atoms with Crippen LogP contribution in [0.25, 0.3) is 10.2 Å². The minimum atomic E-state index is -0.569. The minimum Gasteiger partial charge on any atom is -0.325 e. The minimum absolute atomic E-state index is 0.0878. The first-order valence-electron chi connectivity index (χ1n) is 7.54. The van der Waals surface area contributed by atoms with Gasteiger partial charge in [0.25, 0.3) is 5.91 Å². The van der Waals surface area contributed by atoms with Crippen molar-refractivity contribution in [2.75, 3.05) is 24.5 Å². The third-order valence-electron chi connectivity index (χ3n) is 3.83. The van der Waals surface area contributed by atoms with Gasteiger partial charge in [0.15, 0.2) is 10.8 Å². The molecule has 126 valence electrons. The number of thiazole rings is 1. The second kappa shape index (κ2) is 6.17. The summed E-state index contributed by atoms with van der Waals surface area (Å²) in [7, 11) is 0. The predicted octanol–water partition coefficient (Wildman–Crippen LogP) is 1.71. The lowest BCUT2D eigenvalue weighted by molar-refractivity contribution is -0.120. The summed E-state index contributed by atoms with van der Waals surface area (Å²) in [6.07, 6.45) is 2.02. The van der Waals surface area contributed by atoms with E-state index in [9.17, 15) is 14.0 Å². The number of rotatable bonds is 2. The SMILES string of the molecule is O=C(c1nc2ccccc2s1)N1CCN(c2ncc(F)cn2)C(=O)C1. The second-order valence-corrected chi connectivity index (χ2v) is 6.49. The van der Waals surface area contributed by atoms with E-state index in [-0.39, 0.29) is 30.9 Å². The Labute approximate surface area is 145 Å². The van der Waals surface area contributed by atoms with E-state index in [0.29, 0.717) is 11.6 Å². The van der Waals surface area contributed by atoms with Crippen molar-refractivity contribution >= 4 is 39.3 Å². The van der Waals surface area contributed by atoms with Gasteiger partial charge >= 0.3 is 0 Å². The van der Waals surface area contributed by atoms with Crippen LogP contribution >= 0.6 is 11.3 Å². The Morgan fingerprint density at radius 1 is 1.16 bits per heavy atom. The zero-order valence-electron chi connectivity index (χ0n) is 12.9. The molecule has 1 aromatic carbocycles. The molecule has 2 amide bonds. The van der Waals surface area contributed by atoms with Gasteiger partial charge < -0.3 is 4.90 Å². The van der Waals surface area contributed by atoms with Crippen LogP contribution in [-0.4, -0.2) is 51.3 Å². The number of anilines is 1. The molecule has 25 heavy (non-hydrogen) atoms. The van der Waals surface area contributed by atoms with Gasteiger partial charge in [-0.25, -0.2) is 19.3 Å². The summed E-state index contributed by atoms with van der Waals surface area (Å²) in [5.74, 6) is -1.01. The number of hydrogen-bond acceptors (Lipinski definition) is 6. The van der Waals surface area contributed by atoms with Crippen molar-refractivity contribution in [3.05, 3.63) is 47.5 Å². The molecule has 7 nitrogen and oxygen atoms in total. The molecule has 3 aromatic rings. The van der Waals surface area contributed by atoms with E-state index in [1.807, 2.05) is 24.3 Å². The molecule has 0 N–H and O–H groups in total. The Morgan fingerprint density at radius 3 is 2.64 bits per heavy atom. The van der Waals surface area contributed by atoms with Crippen molar-refractivity contribution in [1.29, 1.82) is 0 Å². The van der Waals surface area contributed by atoms with Crippen LogP contribution in [0.4, 0.5) is 10.3 Å². The fraction of sp³-hybridized carbons (Fsp3) is 0.188. The van der Waals surface area contributed by atoms with E-state index in [2.05, 4.69) is 15.0 Å².